The van der Waals surface area contributed by atoms with Gasteiger partial charge in [-0.2, -0.15) is 0 Å². The van der Waals surface area contributed by atoms with E-state index in [-0.39, 0.29) is 24.2 Å². The first kappa shape index (κ1) is 15.3. The first-order valence-corrected chi connectivity index (χ1v) is 7.73. The van der Waals surface area contributed by atoms with Gasteiger partial charge in [-0.1, -0.05) is 26.2 Å². The fourth-order valence-corrected chi connectivity index (χ4v) is 3.44. The summed E-state index contributed by atoms with van der Waals surface area (Å²) in [4.78, 5) is 23.7. The molecule has 0 aromatic carbocycles. The van der Waals surface area contributed by atoms with Gasteiger partial charge in [0.05, 0.1) is 24.0 Å². The average Bonchev–Trinajstić information content (AvgIpc) is 2.98. The molecule has 0 aromatic rings. The summed E-state index contributed by atoms with van der Waals surface area (Å²) in [6, 6.07) is 0.0996. The van der Waals surface area contributed by atoms with Crippen molar-refractivity contribution in [1.29, 1.82) is 0 Å². The zero-order valence-electron chi connectivity index (χ0n) is 12.3. The molecule has 2 saturated heterocycles. The molecule has 0 saturated carbocycles. The molecule has 0 aliphatic carbocycles. The maximum absolute atomic E-state index is 12.3. The van der Waals surface area contributed by atoms with Crippen molar-refractivity contribution in [2.24, 2.45) is 11.8 Å². The van der Waals surface area contributed by atoms with Crippen molar-refractivity contribution in [3.8, 4) is 0 Å². The Labute approximate surface area is 120 Å². The van der Waals surface area contributed by atoms with E-state index >= 15 is 0 Å². The highest BCUT2D eigenvalue weighted by molar-refractivity contribution is 5.86. The van der Waals surface area contributed by atoms with Crippen LogP contribution < -0.4 is 5.32 Å². The maximum atomic E-state index is 12.3. The minimum atomic E-state index is -0.906. The number of hydrogen-bond donors (Lipinski definition) is 2. The van der Waals surface area contributed by atoms with Crippen LogP contribution in [0.1, 0.15) is 52.4 Å². The van der Waals surface area contributed by atoms with Gasteiger partial charge in [-0.05, 0) is 26.2 Å². The van der Waals surface area contributed by atoms with Crippen molar-refractivity contribution in [2.75, 3.05) is 0 Å². The number of carboxylic acid groups (broad SMARTS) is 1. The maximum Gasteiger partial charge on any atom is 0.310 e. The number of ether oxygens (including phenoxy) is 1. The molecule has 2 fully saturated rings. The van der Waals surface area contributed by atoms with Crippen molar-refractivity contribution in [1.82, 2.24) is 5.32 Å². The minimum absolute atomic E-state index is 0.0996. The lowest BCUT2D eigenvalue weighted by molar-refractivity contribution is -0.148. The summed E-state index contributed by atoms with van der Waals surface area (Å²) in [5, 5.41) is 12.3. The molecule has 2 N–H and O–H groups in total. The summed E-state index contributed by atoms with van der Waals surface area (Å²) in [6.07, 6.45) is 5.44. The number of fused-ring (bicyclic) bond motifs is 2. The Morgan fingerprint density at radius 1 is 1.25 bits per heavy atom. The molecule has 2 rings (SSSR count). The zero-order chi connectivity index (χ0) is 14.7. The summed E-state index contributed by atoms with van der Waals surface area (Å²) in [5.74, 6) is -2.24. The molecule has 2 bridgehead atoms. The highest BCUT2D eigenvalue weighted by Gasteiger charge is 2.55. The van der Waals surface area contributed by atoms with Crippen LogP contribution in [0.15, 0.2) is 0 Å². The Morgan fingerprint density at radius 3 is 2.50 bits per heavy atom. The van der Waals surface area contributed by atoms with Crippen molar-refractivity contribution >= 4 is 11.9 Å². The lowest BCUT2D eigenvalue weighted by atomic mass is 9.78. The highest BCUT2D eigenvalue weighted by atomic mass is 16.5. The molecular formula is C15H25NO4. The van der Waals surface area contributed by atoms with E-state index in [9.17, 15) is 14.7 Å². The summed E-state index contributed by atoms with van der Waals surface area (Å²) in [6.45, 7) is 4.13. The third-order valence-corrected chi connectivity index (χ3v) is 4.49. The fraction of sp³-hybridized carbons (Fsp3) is 0.867. The van der Waals surface area contributed by atoms with E-state index < -0.39 is 17.8 Å². The molecule has 1 amide bonds. The van der Waals surface area contributed by atoms with Gasteiger partial charge < -0.3 is 15.2 Å². The Bertz CT molecular complexity index is 371. The lowest BCUT2D eigenvalue weighted by Crippen LogP contribution is -2.46. The van der Waals surface area contributed by atoms with Crippen LogP contribution in [-0.2, 0) is 14.3 Å². The van der Waals surface area contributed by atoms with Gasteiger partial charge in [-0.3, -0.25) is 9.59 Å². The van der Waals surface area contributed by atoms with Crippen molar-refractivity contribution < 1.29 is 19.4 Å². The number of hydrogen-bond acceptors (Lipinski definition) is 3. The molecular weight excluding hydrogens is 258 g/mol. The smallest absolute Gasteiger partial charge is 0.310 e. The number of unbranched alkanes of at least 4 members (excludes halogenated alkanes) is 2. The van der Waals surface area contributed by atoms with Crippen LogP contribution in [-0.4, -0.2) is 35.2 Å². The van der Waals surface area contributed by atoms with Crippen LogP contribution in [0.4, 0.5) is 0 Å². The predicted octanol–water partition coefficient (Wildman–Crippen LogP) is 1.95. The Morgan fingerprint density at radius 2 is 1.90 bits per heavy atom. The van der Waals surface area contributed by atoms with E-state index in [0.29, 0.717) is 0 Å². The molecule has 5 heteroatoms. The topological polar surface area (TPSA) is 75.6 Å². The Kier molecular flexibility index (Phi) is 5.02. The summed E-state index contributed by atoms with van der Waals surface area (Å²) < 4.78 is 5.62. The molecule has 0 unspecified atom stereocenters. The van der Waals surface area contributed by atoms with E-state index in [1.54, 1.807) is 0 Å². The van der Waals surface area contributed by atoms with Gasteiger partial charge >= 0.3 is 5.97 Å². The number of carboxylic acids is 1. The molecule has 114 valence electrons. The second-order valence-electron chi connectivity index (χ2n) is 6.09. The van der Waals surface area contributed by atoms with Gasteiger partial charge in [0, 0.05) is 6.04 Å². The molecule has 2 aliphatic rings. The molecule has 5 nitrogen and oxygen atoms in total. The molecule has 20 heavy (non-hydrogen) atoms. The van der Waals surface area contributed by atoms with Crippen molar-refractivity contribution in [2.45, 2.75) is 70.6 Å². The van der Waals surface area contributed by atoms with Crippen molar-refractivity contribution in [3.63, 3.8) is 0 Å². The number of nitrogens with one attached hydrogen (secondary N) is 1. The largest absolute Gasteiger partial charge is 0.481 e. The third-order valence-electron chi connectivity index (χ3n) is 4.49. The van der Waals surface area contributed by atoms with E-state index in [2.05, 4.69) is 12.2 Å². The first-order valence-electron chi connectivity index (χ1n) is 7.73. The van der Waals surface area contributed by atoms with Gasteiger partial charge in [0.15, 0.2) is 0 Å². The summed E-state index contributed by atoms with van der Waals surface area (Å²) in [7, 11) is 0. The summed E-state index contributed by atoms with van der Waals surface area (Å²) in [5.41, 5.74) is 0. The summed E-state index contributed by atoms with van der Waals surface area (Å²) >= 11 is 0. The zero-order valence-corrected chi connectivity index (χ0v) is 12.3. The van der Waals surface area contributed by atoms with Gasteiger partial charge in [0.2, 0.25) is 5.91 Å². The SMILES string of the molecule is CCCCC[C@H](C)NC(=O)[C@H]1[C@@H](C(=O)O)[C@@H]2CC[C@@H]1O2. The van der Waals surface area contributed by atoms with Gasteiger partial charge in [-0.25, -0.2) is 0 Å². The predicted molar refractivity (Wildman–Crippen MR) is 74.3 cm³/mol. The first-order chi connectivity index (χ1) is 9.54. The molecule has 2 heterocycles. The quantitative estimate of drug-likeness (QED) is 0.700. The van der Waals surface area contributed by atoms with Gasteiger partial charge in [0.25, 0.3) is 0 Å². The number of rotatable bonds is 7. The van der Waals surface area contributed by atoms with Gasteiger partial charge in [-0.15, -0.1) is 0 Å². The second kappa shape index (κ2) is 6.57. The van der Waals surface area contributed by atoms with Crippen LogP contribution in [0.5, 0.6) is 0 Å². The fourth-order valence-electron chi connectivity index (χ4n) is 3.44. The number of carbonyl (C=O) groups excluding carboxylic acids is 1. The van der Waals surface area contributed by atoms with Crippen LogP contribution in [0, 0.1) is 11.8 Å². The Balaban J connectivity index is 1.89. The lowest BCUT2D eigenvalue weighted by Gasteiger charge is -2.25. The monoisotopic (exact) mass is 283 g/mol. The molecule has 0 aromatic heterocycles. The second-order valence-corrected chi connectivity index (χ2v) is 6.09. The van der Waals surface area contributed by atoms with Gasteiger partial charge in [0.1, 0.15) is 0 Å². The van der Waals surface area contributed by atoms with Crippen LogP contribution in [0.25, 0.3) is 0 Å². The minimum Gasteiger partial charge on any atom is -0.481 e. The average molecular weight is 283 g/mol. The standard InChI is InChI=1S/C15H25NO4/c1-3-4-5-6-9(2)16-14(17)12-10-7-8-11(20-10)13(12)15(18)19/h9-13H,3-8H2,1-2H3,(H,16,17)(H,18,19)/t9-,10-,11-,12+,13-/m0/s1. The highest BCUT2D eigenvalue weighted by Crippen LogP contribution is 2.43. The van der Waals surface area contributed by atoms with E-state index in [1.807, 2.05) is 6.92 Å². The van der Waals surface area contributed by atoms with E-state index in [1.165, 1.54) is 0 Å². The molecule has 5 atom stereocenters. The van der Waals surface area contributed by atoms with Crippen LogP contribution in [0.2, 0.25) is 0 Å². The van der Waals surface area contributed by atoms with E-state index in [0.717, 1.165) is 38.5 Å². The van der Waals surface area contributed by atoms with E-state index in [4.69, 9.17) is 4.74 Å². The molecule has 0 radical (unpaired) electrons. The molecule has 2 aliphatic heterocycles. The van der Waals surface area contributed by atoms with Crippen molar-refractivity contribution in [3.05, 3.63) is 0 Å². The number of aliphatic carboxylic acids is 1. The number of carbonyl (C=O) groups is 2. The molecule has 0 spiro atoms. The number of amides is 1. The Hall–Kier alpha value is -1.10. The third kappa shape index (κ3) is 3.14. The van der Waals surface area contributed by atoms with Crippen LogP contribution in [0.3, 0.4) is 0 Å². The normalized spacial score (nSPS) is 33.1. The van der Waals surface area contributed by atoms with Crippen LogP contribution >= 0.6 is 0 Å².